The van der Waals surface area contributed by atoms with Crippen LogP contribution in [0.2, 0.25) is 0 Å². The molecule has 7 heteroatoms. The summed E-state index contributed by atoms with van der Waals surface area (Å²) < 4.78 is 30.8. The third-order valence-electron chi connectivity index (χ3n) is 3.57. The number of hydrogen-bond donors (Lipinski definition) is 0. The Hall–Kier alpha value is -1.60. The molecule has 0 N–H and O–H groups in total. The van der Waals surface area contributed by atoms with Gasteiger partial charge in [-0.1, -0.05) is 6.07 Å². The Morgan fingerprint density at radius 1 is 1.43 bits per heavy atom. The molecule has 0 spiro atoms. The normalized spacial score (nSPS) is 19.1. The van der Waals surface area contributed by atoms with E-state index in [0.29, 0.717) is 6.42 Å². The number of hydrogen-bond acceptors (Lipinski definition) is 5. The summed E-state index contributed by atoms with van der Waals surface area (Å²) in [5, 5.41) is 6.31. The molecule has 0 fully saturated rings. The summed E-state index contributed by atoms with van der Waals surface area (Å²) in [5.74, 6) is 0.744. The molecule has 5 nitrogen and oxygen atoms in total. The van der Waals surface area contributed by atoms with Crippen LogP contribution in [0.3, 0.4) is 0 Å². The molecule has 1 atom stereocenters. The fourth-order valence-electron chi connectivity index (χ4n) is 2.68. The highest BCUT2D eigenvalue weighted by atomic mass is 32.2. The predicted molar refractivity (Wildman–Crippen MR) is 83.1 cm³/mol. The summed E-state index contributed by atoms with van der Waals surface area (Å²) in [4.78, 5) is 1.00. The van der Waals surface area contributed by atoms with E-state index in [-0.39, 0.29) is 6.04 Å². The van der Waals surface area contributed by atoms with Crippen molar-refractivity contribution in [3.63, 3.8) is 0 Å². The largest absolute Gasteiger partial charge is 0.469 e. The quantitative estimate of drug-likeness (QED) is 0.871. The first-order valence-corrected chi connectivity index (χ1v) is 9.26. The van der Waals surface area contributed by atoms with Crippen molar-refractivity contribution in [2.45, 2.75) is 26.3 Å². The molecule has 0 amide bonds. The molecule has 2 aromatic heterocycles. The van der Waals surface area contributed by atoms with Gasteiger partial charge in [-0.05, 0) is 30.9 Å². The van der Waals surface area contributed by atoms with Crippen molar-refractivity contribution in [3.8, 4) is 0 Å². The van der Waals surface area contributed by atoms with Gasteiger partial charge in [0.05, 0.1) is 29.1 Å². The van der Waals surface area contributed by atoms with Crippen molar-refractivity contribution in [1.29, 1.82) is 0 Å². The zero-order chi connectivity index (χ0) is 15.2. The zero-order valence-electron chi connectivity index (χ0n) is 12.0. The van der Waals surface area contributed by atoms with Crippen LogP contribution in [0.1, 0.15) is 34.2 Å². The minimum Gasteiger partial charge on any atom is -0.469 e. The molecule has 0 bridgehead atoms. The Labute approximate surface area is 127 Å². The molecule has 1 aliphatic heterocycles. The fourth-order valence-corrected chi connectivity index (χ4v) is 4.29. The molecule has 112 valence electrons. The van der Waals surface area contributed by atoms with Crippen LogP contribution in [0.25, 0.3) is 0 Å². The fraction of sp³-hybridized carbons (Fsp3) is 0.357. The smallest absolute Gasteiger partial charge is 0.247 e. The summed E-state index contributed by atoms with van der Waals surface area (Å²) in [6, 6.07) is 3.58. The Balaban J connectivity index is 2.06. The average Bonchev–Trinajstić information content (AvgIpc) is 3.07. The van der Waals surface area contributed by atoms with Crippen LogP contribution in [-0.4, -0.2) is 24.8 Å². The van der Waals surface area contributed by atoms with Crippen LogP contribution in [0, 0.1) is 13.8 Å². The molecule has 0 saturated heterocycles. The first kappa shape index (κ1) is 14.3. The molecule has 0 aromatic carbocycles. The highest BCUT2D eigenvalue weighted by molar-refractivity contribution is 7.88. The number of rotatable bonds is 3. The van der Waals surface area contributed by atoms with Crippen LogP contribution in [0.4, 0.5) is 0 Å². The van der Waals surface area contributed by atoms with E-state index >= 15 is 0 Å². The SMILES string of the molecule is Cc1coc(C)c1[C@H]1CC(c2cccs2)=NN1S(C)(=O)=O. The third kappa shape index (κ3) is 2.51. The third-order valence-corrected chi connectivity index (χ3v) is 5.50. The molecule has 0 unspecified atom stereocenters. The molecule has 21 heavy (non-hydrogen) atoms. The molecule has 0 radical (unpaired) electrons. The van der Waals surface area contributed by atoms with Gasteiger partial charge >= 0.3 is 0 Å². The van der Waals surface area contributed by atoms with Gasteiger partial charge in [0.25, 0.3) is 0 Å². The van der Waals surface area contributed by atoms with Gasteiger partial charge in [-0.25, -0.2) is 8.42 Å². The molecular weight excluding hydrogens is 308 g/mol. The average molecular weight is 324 g/mol. The van der Waals surface area contributed by atoms with Crippen molar-refractivity contribution in [1.82, 2.24) is 4.41 Å². The standard InChI is InChI=1S/C14H16N2O3S2/c1-9-8-19-10(2)14(9)12-7-11(13-5-4-6-20-13)15-16(12)21(3,17)18/h4-6,8,12H,7H2,1-3H3/t12-/m1/s1. The number of furan rings is 1. The van der Waals surface area contributed by atoms with Gasteiger partial charge in [-0.3, -0.25) is 0 Å². The summed E-state index contributed by atoms with van der Waals surface area (Å²) >= 11 is 1.56. The summed E-state index contributed by atoms with van der Waals surface area (Å²) in [6.07, 6.45) is 3.41. The molecule has 3 heterocycles. The van der Waals surface area contributed by atoms with Crippen molar-refractivity contribution in [2.24, 2.45) is 5.10 Å². The Morgan fingerprint density at radius 2 is 2.19 bits per heavy atom. The lowest BCUT2D eigenvalue weighted by atomic mass is 9.99. The van der Waals surface area contributed by atoms with E-state index < -0.39 is 10.0 Å². The first-order chi connectivity index (χ1) is 9.88. The second-order valence-electron chi connectivity index (χ2n) is 5.17. The van der Waals surface area contributed by atoms with E-state index in [2.05, 4.69) is 5.10 Å². The molecule has 2 aromatic rings. The van der Waals surface area contributed by atoms with Crippen molar-refractivity contribution in [3.05, 3.63) is 45.5 Å². The van der Waals surface area contributed by atoms with Gasteiger partial charge < -0.3 is 4.42 Å². The lowest BCUT2D eigenvalue weighted by Gasteiger charge is -2.21. The Bertz CT molecular complexity index is 769. The van der Waals surface area contributed by atoms with Gasteiger partial charge in [-0.15, -0.1) is 11.3 Å². The predicted octanol–water partition coefficient (Wildman–Crippen LogP) is 3.07. The topological polar surface area (TPSA) is 62.9 Å². The van der Waals surface area contributed by atoms with Crippen LogP contribution < -0.4 is 0 Å². The van der Waals surface area contributed by atoms with Gasteiger partial charge in [0, 0.05) is 12.0 Å². The van der Waals surface area contributed by atoms with Gasteiger partial charge in [0.1, 0.15) is 5.76 Å². The summed E-state index contributed by atoms with van der Waals surface area (Å²) in [7, 11) is -3.43. The minimum absolute atomic E-state index is 0.323. The van der Waals surface area contributed by atoms with Crippen LogP contribution in [0.15, 0.2) is 33.3 Å². The summed E-state index contributed by atoms with van der Waals surface area (Å²) in [5.41, 5.74) is 2.67. The lowest BCUT2D eigenvalue weighted by molar-refractivity contribution is 0.369. The van der Waals surface area contributed by atoms with E-state index in [1.165, 1.54) is 10.7 Å². The Kier molecular flexibility index (Phi) is 3.41. The highest BCUT2D eigenvalue weighted by Gasteiger charge is 2.37. The molecular formula is C14H16N2O3S2. The van der Waals surface area contributed by atoms with E-state index in [1.807, 2.05) is 31.4 Å². The second-order valence-corrected chi connectivity index (χ2v) is 7.96. The number of nitrogens with zero attached hydrogens (tertiary/aromatic N) is 2. The van der Waals surface area contributed by atoms with Crippen LogP contribution in [-0.2, 0) is 10.0 Å². The van der Waals surface area contributed by atoms with Crippen LogP contribution in [0.5, 0.6) is 0 Å². The van der Waals surface area contributed by atoms with Crippen LogP contribution >= 0.6 is 11.3 Å². The lowest BCUT2D eigenvalue weighted by Crippen LogP contribution is -2.26. The molecule has 3 rings (SSSR count). The minimum atomic E-state index is -3.43. The van der Waals surface area contributed by atoms with Crippen molar-refractivity contribution < 1.29 is 12.8 Å². The number of thiophene rings is 1. The number of hydrazone groups is 1. The monoisotopic (exact) mass is 324 g/mol. The number of aryl methyl sites for hydroxylation is 2. The van der Waals surface area contributed by atoms with Gasteiger partial charge in [-0.2, -0.15) is 9.52 Å². The maximum absolute atomic E-state index is 12.1. The number of sulfonamides is 1. The van der Waals surface area contributed by atoms with Gasteiger partial charge in [0.15, 0.2) is 0 Å². The van der Waals surface area contributed by atoms with Gasteiger partial charge in [0.2, 0.25) is 10.0 Å². The zero-order valence-corrected chi connectivity index (χ0v) is 13.7. The molecule has 1 aliphatic rings. The summed E-state index contributed by atoms with van der Waals surface area (Å²) in [6.45, 7) is 3.78. The van der Waals surface area contributed by atoms with E-state index in [9.17, 15) is 8.42 Å². The van der Waals surface area contributed by atoms with E-state index in [4.69, 9.17) is 4.42 Å². The maximum Gasteiger partial charge on any atom is 0.247 e. The van der Waals surface area contributed by atoms with Crippen molar-refractivity contribution in [2.75, 3.05) is 6.26 Å². The van der Waals surface area contributed by atoms with E-state index in [0.717, 1.165) is 27.5 Å². The Morgan fingerprint density at radius 3 is 2.71 bits per heavy atom. The van der Waals surface area contributed by atoms with Crippen molar-refractivity contribution >= 4 is 27.1 Å². The molecule has 0 aliphatic carbocycles. The second kappa shape index (κ2) is 4.99. The van der Waals surface area contributed by atoms with E-state index in [1.54, 1.807) is 17.6 Å². The maximum atomic E-state index is 12.1. The first-order valence-electron chi connectivity index (χ1n) is 6.53. The highest BCUT2D eigenvalue weighted by Crippen LogP contribution is 2.38. The molecule has 0 saturated carbocycles.